The van der Waals surface area contributed by atoms with Crippen molar-refractivity contribution >= 4 is 28.7 Å². The molecule has 0 bridgehead atoms. The Bertz CT molecular complexity index is 460. The first-order chi connectivity index (χ1) is 9.16. The van der Waals surface area contributed by atoms with E-state index in [-0.39, 0.29) is 10.8 Å². The third-order valence-electron chi connectivity index (χ3n) is 3.02. The molecule has 0 fully saturated rings. The average Bonchev–Trinajstić information content (AvgIpc) is 2.32. The maximum atomic E-state index is 12.2. The Morgan fingerprint density at radius 2 is 1.95 bits per heavy atom. The van der Waals surface area contributed by atoms with Crippen molar-refractivity contribution in [3.63, 3.8) is 0 Å². The lowest BCUT2D eigenvalue weighted by Gasteiger charge is -2.27. The van der Waals surface area contributed by atoms with E-state index in [2.05, 4.69) is 23.0 Å². The highest BCUT2D eigenvalue weighted by molar-refractivity contribution is 7.90. The third-order valence-corrected chi connectivity index (χ3v) is 5.02. The molecule has 0 amide bonds. The van der Waals surface area contributed by atoms with E-state index in [1.807, 2.05) is 40.7 Å². The first-order valence-electron chi connectivity index (χ1n) is 6.88. The minimum atomic E-state index is -1.12. The van der Waals surface area contributed by atoms with Crippen LogP contribution >= 0.6 is 11.6 Å². The predicted octanol–water partition coefficient (Wildman–Crippen LogP) is 4.19. The first kappa shape index (κ1) is 17.6. The molecule has 1 aromatic rings. The molecule has 0 heterocycles. The van der Waals surface area contributed by atoms with Crippen molar-refractivity contribution in [2.75, 3.05) is 11.9 Å². The Morgan fingerprint density at radius 1 is 1.35 bits per heavy atom. The Morgan fingerprint density at radius 3 is 2.45 bits per heavy atom. The molecule has 0 saturated heterocycles. The molecule has 2 N–H and O–H groups in total. The number of anilines is 1. The highest BCUT2D eigenvalue weighted by atomic mass is 35.5. The van der Waals surface area contributed by atoms with Crippen LogP contribution in [0.5, 0.6) is 0 Å². The summed E-state index contributed by atoms with van der Waals surface area (Å²) in [7, 11) is 0. The van der Waals surface area contributed by atoms with E-state index in [9.17, 15) is 4.55 Å². The highest BCUT2D eigenvalue weighted by Crippen LogP contribution is 2.30. The summed E-state index contributed by atoms with van der Waals surface area (Å²) in [6, 6.07) is 3.93. The van der Waals surface area contributed by atoms with Gasteiger partial charge in [0.05, 0.1) is 6.04 Å². The molecule has 0 aliphatic rings. The SMILES string of the molecule is CCNc1cc(Cl)c([C@@H](C)N[S+]([O-])C(C)(C)C)cc1C. The van der Waals surface area contributed by atoms with Gasteiger partial charge in [-0.2, -0.15) is 0 Å². The van der Waals surface area contributed by atoms with Gasteiger partial charge in [-0.15, -0.1) is 4.72 Å². The lowest BCUT2D eigenvalue weighted by molar-refractivity contribution is 0.531. The van der Waals surface area contributed by atoms with Crippen molar-refractivity contribution in [1.29, 1.82) is 0 Å². The van der Waals surface area contributed by atoms with Gasteiger partial charge < -0.3 is 9.87 Å². The fraction of sp³-hybridized carbons (Fsp3) is 0.600. The largest absolute Gasteiger partial charge is 0.598 e. The van der Waals surface area contributed by atoms with Crippen LogP contribution in [0.1, 0.15) is 51.8 Å². The number of aryl methyl sites for hydroxylation is 1. The number of rotatable bonds is 5. The van der Waals surface area contributed by atoms with Crippen molar-refractivity contribution < 1.29 is 4.55 Å². The topological polar surface area (TPSA) is 47.1 Å². The molecule has 3 nitrogen and oxygen atoms in total. The molecule has 1 rings (SSSR count). The fourth-order valence-electron chi connectivity index (χ4n) is 1.82. The van der Waals surface area contributed by atoms with Crippen LogP contribution < -0.4 is 10.0 Å². The summed E-state index contributed by atoms with van der Waals surface area (Å²) in [6.07, 6.45) is 0. The van der Waals surface area contributed by atoms with Gasteiger partial charge in [0.15, 0.2) is 0 Å². The molecular weight excluding hydrogens is 292 g/mol. The van der Waals surface area contributed by atoms with E-state index < -0.39 is 11.4 Å². The van der Waals surface area contributed by atoms with E-state index in [1.165, 1.54) is 0 Å². The maximum absolute atomic E-state index is 12.2. The average molecular weight is 317 g/mol. The van der Waals surface area contributed by atoms with Crippen LogP contribution in [-0.2, 0) is 11.4 Å². The molecule has 0 radical (unpaired) electrons. The molecule has 2 atom stereocenters. The zero-order valence-electron chi connectivity index (χ0n) is 13.1. The van der Waals surface area contributed by atoms with Crippen molar-refractivity contribution in [3.8, 4) is 0 Å². The van der Waals surface area contributed by atoms with Gasteiger partial charge in [-0.05, 0) is 58.7 Å². The number of benzene rings is 1. The predicted molar refractivity (Wildman–Crippen MR) is 89.8 cm³/mol. The zero-order chi connectivity index (χ0) is 15.5. The van der Waals surface area contributed by atoms with Crippen LogP contribution in [0.2, 0.25) is 5.02 Å². The van der Waals surface area contributed by atoms with E-state index in [0.29, 0.717) is 5.02 Å². The molecule has 0 aromatic heterocycles. The van der Waals surface area contributed by atoms with E-state index in [0.717, 1.165) is 23.4 Å². The Balaban J connectivity index is 2.94. The zero-order valence-corrected chi connectivity index (χ0v) is 14.7. The molecule has 5 heteroatoms. The Labute approximate surface area is 130 Å². The third kappa shape index (κ3) is 4.55. The van der Waals surface area contributed by atoms with Gasteiger partial charge in [0.1, 0.15) is 4.75 Å². The molecule has 1 unspecified atom stereocenters. The number of hydrogen-bond acceptors (Lipinski definition) is 3. The second-order valence-electron chi connectivity index (χ2n) is 5.94. The summed E-state index contributed by atoms with van der Waals surface area (Å²) in [6.45, 7) is 12.8. The molecule has 0 aliphatic heterocycles. The van der Waals surface area contributed by atoms with E-state index in [1.54, 1.807) is 0 Å². The van der Waals surface area contributed by atoms with Gasteiger partial charge >= 0.3 is 0 Å². The van der Waals surface area contributed by atoms with E-state index in [4.69, 9.17) is 11.6 Å². The van der Waals surface area contributed by atoms with Gasteiger partial charge in [0.25, 0.3) is 0 Å². The fourth-order valence-corrected chi connectivity index (χ4v) is 2.95. The lowest BCUT2D eigenvalue weighted by Crippen LogP contribution is -2.40. The number of nitrogens with one attached hydrogen (secondary N) is 2. The van der Waals surface area contributed by atoms with Gasteiger partial charge in [-0.25, -0.2) is 0 Å². The van der Waals surface area contributed by atoms with E-state index >= 15 is 0 Å². The number of halogens is 1. The van der Waals surface area contributed by atoms with Gasteiger partial charge in [0.2, 0.25) is 0 Å². The summed E-state index contributed by atoms with van der Waals surface area (Å²) in [5.74, 6) is 0. The van der Waals surface area contributed by atoms with Crippen LogP contribution in [0.4, 0.5) is 5.69 Å². The second-order valence-corrected chi connectivity index (χ2v) is 8.34. The van der Waals surface area contributed by atoms with Crippen LogP contribution in [0.25, 0.3) is 0 Å². The highest BCUT2D eigenvalue weighted by Gasteiger charge is 2.29. The molecule has 20 heavy (non-hydrogen) atoms. The van der Waals surface area contributed by atoms with Crippen molar-refractivity contribution in [3.05, 3.63) is 28.3 Å². The van der Waals surface area contributed by atoms with Gasteiger partial charge in [0, 0.05) is 28.6 Å². The lowest BCUT2D eigenvalue weighted by atomic mass is 10.0. The smallest absolute Gasteiger partial charge is 0.136 e. The van der Waals surface area contributed by atoms with Crippen molar-refractivity contribution in [2.24, 2.45) is 0 Å². The van der Waals surface area contributed by atoms with Crippen LogP contribution in [-0.4, -0.2) is 15.8 Å². The summed E-state index contributed by atoms with van der Waals surface area (Å²) in [4.78, 5) is 0. The van der Waals surface area contributed by atoms with Crippen LogP contribution in [0.15, 0.2) is 12.1 Å². The summed E-state index contributed by atoms with van der Waals surface area (Å²) in [5.41, 5.74) is 3.16. The summed E-state index contributed by atoms with van der Waals surface area (Å²) in [5, 5.41) is 3.98. The normalized spacial score (nSPS) is 15.0. The van der Waals surface area contributed by atoms with Gasteiger partial charge in [-0.1, -0.05) is 17.7 Å². The molecule has 0 saturated carbocycles. The van der Waals surface area contributed by atoms with Gasteiger partial charge in [-0.3, -0.25) is 0 Å². The van der Waals surface area contributed by atoms with Crippen molar-refractivity contribution in [1.82, 2.24) is 4.72 Å². The minimum absolute atomic E-state index is 0.0584. The standard InChI is InChI=1S/C15H25ClN2OS/c1-7-17-14-9-13(16)12(8-10(14)2)11(3)18-20(19)15(4,5)6/h8-9,11,17-18H,7H2,1-6H3/t11-,20?/m1/s1. The Hall–Kier alpha value is -0.420. The van der Waals surface area contributed by atoms with Crippen molar-refractivity contribution in [2.45, 2.75) is 52.3 Å². The maximum Gasteiger partial charge on any atom is 0.136 e. The minimum Gasteiger partial charge on any atom is -0.598 e. The molecule has 114 valence electrons. The first-order valence-corrected chi connectivity index (χ1v) is 8.41. The van der Waals surface area contributed by atoms with Crippen LogP contribution in [0, 0.1) is 6.92 Å². The molecular formula is C15H25ClN2OS. The summed E-state index contributed by atoms with van der Waals surface area (Å²) < 4.78 is 15.0. The molecule has 1 aromatic carbocycles. The second kappa shape index (κ2) is 7.03. The monoisotopic (exact) mass is 316 g/mol. The van der Waals surface area contributed by atoms with Crippen LogP contribution in [0.3, 0.4) is 0 Å². The molecule has 0 aliphatic carbocycles. The summed E-state index contributed by atoms with van der Waals surface area (Å²) >= 11 is 5.23. The quantitative estimate of drug-likeness (QED) is 0.801. The number of hydrogen-bond donors (Lipinski definition) is 2. The molecule has 0 spiro atoms. The Kier molecular flexibility index (Phi) is 6.20.